The molecule has 1 aliphatic heterocycles. The van der Waals surface area contributed by atoms with Crippen LogP contribution < -0.4 is 31.3 Å². The van der Waals surface area contributed by atoms with Crippen molar-refractivity contribution >= 4 is 39.7 Å². The van der Waals surface area contributed by atoms with Gasteiger partial charge in [0.05, 0.1) is 15.4 Å². The highest BCUT2D eigenvalue weighted by Gasteiger charge is 2.62. The Labute approximate surface area is 161 Å². The van der Waals surface area contributed by atoms with E-state index in [-0.39, 0.29) is 21.8 Å². The predicted molar refractivity (Wildman–Crippen MR) is 112 cm³/mol. The second-order valence-electron chi connectivity index (χ2n) is 7.23. The molecule has 0 bridgehead atoms. The lowest BCUT2D eigenvalue weighted by Gasteiger charge is -2.19. The van der Waals surface area contributed by atoms with E-state index in [0.717, 1.165) is 52.8 Å². The Kier molecular flexibility index (Phi) is 4.48. The number of nitrogens with zero attached hydrogens (tertiary/aromatic N) is 2. The molecular weight excluding hydrogens is 348 g/mol. The van der Waals surface area contributed by atoms with E-state index in [1.807, 2.05) is 14.1 Å². The van der Waals surface area contributed by atoms with E-state index in [0.29, 0.717) is 11.6 Å². The van der Waals surface area contributed by atoms with Gasteiger partial charge in [-0.1, -0.05) is 30.8 Å². The lowest BCUT2D eigenvalue weighted by molar-refractivity contribution is -0.115. The van der Waals surface area contributed by atoms with E-state index in [2.05, 4.69) is 44.5 Å². The smallest absolute Gasteiger partial charge is 0.272 e. The fraction of sp³-hybridized carbons (Fsp3) is 0.611. The van der Waals surface area contributed by atoms with E-state index in [9.17, 15) is 4.79 Å². The number of hydrazone groups is 1. The van der Waals surface area contributed by atoms with Crippen molar-refractivity contribution in [1.82, 2.24) is 21.0 Å². The molecule has 146 valence electrons. The molecule has 0 radical (unpaired) electrons. The molecule has 0 aromatic carbocycles. The first-order valence-electron chi connectivity index (χ1n) is 9.35. The van der Waals surface area contributed by atoms with Gasteiger partial charge in [-0.15, -0.1) is 0 Å². The van der Waals surface area contributed by atoms with Crippen molar-refractivity contribution in [3.8, 4) is 0 Å². The first-order chi connectivity index (χ1) is 12.6. The number of hydrogen-bond acceptors (Lipinski definition) is 7. The molecule has 0 saturated heterocycles. The highest BCUT2D eigenvalue weighted by molar-refractivity contribution is 7.13. The zero-order chi connectivity index (χ0) is 18.3. The molecular formula is C18H32N6OS. The Morgan fingerprint density at radius 1 is 1.50 bits per heavy atom. The van der Waals surface area contributed by atoms with Gasteiger partial charge in [0, 0.05) is 28.9 Å². The fourth-order valence-electron chi connectivity index (χ4n) is 3.99. The monoisotopic (exact) mass is 380 g/mol. The summed E-state index contributed by atoms with van der Waals surface area (Å²) in [4.78, 5) is 17.7. The number of fused-ring (bicyclic) bond motifs is 1. The molecule has 3 unspecified atom stereocenters. The summed E-state index contributed by atoms with van der Waals surface area (Å²) in [5, 5.41) is 15.8. The van der Waals surface area contributed by atoms with Gasteiger partial charge in [0.25, 0.3) is 5.91 Å². The Balaban J connectivity index is 0.00000140. The molecule has 26 heavy (non-hydrogen) atoms. The molecule has 1 saturated carbocycles. The quantitative estimate of drug-likeness (QED) is 0.527. The van der Waals surface area contributed by atoms with Gasteiger partial charge >= 0.3 is 0 Å². The van der Waals surface area contributed by atoms with Crippen LogP contribution in [0, 0.1) is 5.92 Å². The van der Waals surface area contributed by atoms with Gasteiger partial charge in [-0.05, 0) is 32.9 Å². The highest BCUT2D eigenvalue weighted by atomic mass is 32.1. The summed E-state index contributed by atoms with van der Waals surface area (Å²) in [6.07, 6.45) is 6.14. The molecule has 1 aromatic rings. The summed E-state index contributed by atoms with van der Waals surface area (Å²) in [6.45, 7) is 3.03. The molecule has 2 aliphatic carbocycles. The van der Waals surface area contributed by atoms with Crippen LogP contribution in [0.5, 0.6) is 0 Å². The van der Waals surface area contributed by atoms with Gasteiger partial charge in [-0.3, -0.25) is 10.2 Å². The van der Waals surface area contributed by atoms with Crippen LogP contribution in [0.4, 0.5) is 5.13 Å². The lowest BCUT2D eigenvalue weighted by atomic mass is 9.96. The van der Waals surface area contributed by atoms with Crippen molar-refractivity contribution in [2.45, 2.75) is 44.2 Å². The molecule has 8 heteroatoms. The number of anilines is 1. The molecule has 1 fully saturated rings. The standard InChI is InChI=1S/C18H26N6OS.3H2/c1-4-5-11(6-7-19-2)21-16(25)14-13-15-12(22-17(20-3)26-15)8-10-9-18(10,13)24-23-14;;;/h8,10-11,19,24H,4-7,9H2,1-3H3,(H,20,22)(H,21,25);3*1H. The Hall–Kier alpha value is -1.93. The van der Waals surface area contributed by atoms with Gasteiger partial charge in [0.15, 0.2) is 10.8 Å². The summed E-state index contributed by atoms with van der Waals surface area (Å²) in [6, 6.07) is 0.166. The first-order valence-corrected chi connectivity index (χ1v) is 10.2. The summed E-state index contributed by atoms with van der Waals surface area (Å²) < 4.78 is 1.07. The van der Waals surface area contributed by atoms with E-state index in [1.165, 1.54) is 0 Å². The van der Waals surface area contributed by atoms with Crippen LogP contribution in [-0.2, 0) is 4.79 Å². The highest BCUT2D eigenvalue weighted by Crippen LogP contribution is 2.54. The number of carbonyl (C=O) groups is 1. The van der Waals surface area contributed by atoms with Crippen LogP contribution in [0.2, 0.25) is 0 Å². The zero-order valence-electron chi connectivity index (χ0n) is 15.5. The van der Waals surface area contributed by atoms with E-state index in [1.54, 1.807) is 11.3 Å². The molecule has 1 spiro atoms. The third kappa shape index (κ3) is 2.72. The molecule has 3 atom stereocenters. The van der Waals surface area contributed by atoms with Crippen LogP contribution in [0.1, 0.15) is 36.9 Å². The molecule has 7 nitrogen and oxygen atoms in total. The Morgan fingerprint density at radius 3 is 3.08 bits per heavy atom. The van der Waals surface area contributed by atoms with Crippen molar-refractivity contribution < 1.29 is 9.07 Å². The number of rotatable bonds is 8. The molecule has 3 aliphatic rings. The molecule has 4 rings (SSSR count). The van der Waals surface area contributed by atoms with E-state index in [4.69, 9.17) is 0 Å². The molecule has 2 heterocycles. The average molecular weight is 381 g/mol. The molecule has 4 N–H and O–H groups in total. The summed E-state index contributed by atoms with van der Waals surface area (Å²) in [5.74, 6) is 0.304. The van der Waals surface area contributed by atoms with Crippen molar-refractivity contribution in [1.29, 1.82) is 0 Å². The second-order valence-corrected chi connectivity index (χ2v) is 8.23. The fourth-order valence-corrected chi connectivity index (χ4v) is 5.03. The maximum absolute atomic E-state index is 13.0. The normalized spacial score (nSPS) is 25.9. The zero-order valence-corrected chi connectivity index (χ0v) is 16.3. The predicted octanol–water partition coefficient (Wildman–Crippen LogP) is 0.480. The van der Waals surface area contributed by atoms with Crippen molar-refractivity contribution in [3.63, 3.8) is 0 Å². The van der Waals surface area contributed by atoms with Gasteiger partial charge in [0.2, 0.25) is 0 Å². The maximum Gasteiger partial charge on any atom is 0.272 e. The lowest BCUT2D eigenvalue weighted by Crippen LogP contribution is -2.44. The summed E-state index contributed by atoms with van der Waals surface area (Å²) >= 11 is 1.60. The number of nitrogens with one attached hydrogen (secondary N) is 4. The third-order valence-corrected chi connectivity index (χ3v) is 6.55. The molecule has 1 aromatic heterocycles. The number of thiazole rings is 1. The van der Waals surface area contributed by atoms with Crippen LogP contribution >= 0.6 is 11.3 Å². The minimum atomic E-state index is -0.178. The van der Waals surface area contributed by atoms with E-state index >= 15 is 0 Å². The van der Waals surface area contributed by atoms with Crippen LogP contribution in [0.15, 0.2) is 5.10 Å². The Bertz CT molecular complexity index is 889. The minimum absolute atomic E-state index is 0. The van der Waals surface area contributed by atoms with Gasteiger partial charge in [-0.25, -0.2) is 4.98 Å². The van der Waals surface area contributed by atoms with Gasteiger partial charge in [-0.2, -0.15) is 5.10 Å². The van der Waals surface area contributed by atoms with E-state index < -0.39 is 0 Å². The Morgan fingerprint density at radius 2 is 2.35 bits per heavy atom. The maximum atomic E-state index is 13.0. The van der Waals surface area contributed by atoms with Crippen molar-refractivity contribution in [2.24, 2.45) is 11.0 Å². The SMILES string of the molecule is CCCC(CCNC)NC(=O)C1=NNC23CC2C=c2nc(NC)sc2=C13.[HH].[HH].[HH]. The average Bonchev–Trinajstić information content (AvgIpc) is 2.99. The number of carbonyl (C=O) groups excluding carboxylic acids is 1. The first kappa shape index (κ1) is 17.5. The van der Waals surface area contributed by atoms with Crippen LogP contribution in [0.3, 0.4) is 0 Å². The minimum Gasteiger partial charge on any atom is -0.365 e. The van der Waals surface area contributed by atoms with Gasteiger partial charge in [0.1, 0.15) is 0 Å². The topological polar surface area (TPSA) is 90.4 Å². The van der Waals surface area contributed by atoms with Crippen LogP contribution in [-0.4, -0.2) is 48.8 Å². The number of amides is 1. The van der Waals surface area contributed by atoms with Crippen LogP contribution in [0.25, 0.3) is 11.6 Å². The van der Waals surface area contributed by atoms with Crippen molar-refractivity contribution in [2.75, 3.05) is 26.0 Å². The third-order valence-electron chi connectivity index (χ3n) is 5.45. The molecule has 1 amide bonds. The summed E-state index contributed by atoms with van der Waals surface area (Å²) in [5.41, 5.74) is 4.67. The number of hydrogen-bond donors (Lipinski definition) is 4. The second kappa shape index (κ2) is 6.66. The summed E-state index contributed by atoms with van der Waals surface area (Å²) in [7, 11) is 3.81. The number of aromatic nitrogens is 1. The van der Waals surface area contributed by atoms with Crippen molar-refractivity contribution in [3.05, 3.63) is 9.88 Å². The van der Waals surface area contributed by atoms with Gasteiger partial charge < -0.3 is 16.0 Å². The largest absolute Gasteiger partial charge is 0.365 e.